The molecule has 1 aliphatic rings. The average Bonchev–Trinajstić information content (AvgIpc) is 3.53. The number of likely N-dealkylation sites (tertiary alicyclic amines) is 1. The number of nitrogens with zero attached hydrogens (tertiary/aromatic N) is 3. The highest BCUT2D eigenvalue weighted by Crippen LogP contribution is 2.27. The summed E-state index contributed by atoms with van der Waals surface area (Å²) >= 11 is 0. The number of hydrogen-bond donors (Lipinski definition) is 2. The molecule has 0 saturated carbocycles. The summed E-state index contributed by atoms with van der Waals surface area (Å²) in [6.07, 6.45) is 2.02. The van der Waals surface area contributed by atoms with Gasteiger partial charge < -0.3 is 20.1 Å². The van der Waals surface area contributed by atoms with E-state index in [2.05, 4.69) is 10.6 Å². The fourth-order valence-corrected chi connectivity index (χ4v) is 4.75. The van der Waals surface area contributed by atoms with Crippen LogP contribution >= 0.6 is 0 Å². The third kappa shape index (κ3) is 4.49. The lowest BCUT2D eigenvalue weighted by atomic mass is 10.1. The molecule has 3 aromatic carbocycles. The van der Waals surface area contributed by atoms with Crippen LogP contribution in [-0.4, -0.2) is 39.5 Å². The van der Waals surface area contributed by atoms with Gasteiger partial charge >= 0.3 is 6.03 Å². The summed E-state index contributed by atoms with van der Waals surface area (Å²) in [6.45, 7) is 3.40. The Morgan fingerprint density at radius 2 is 1.63 bits per heavy atom. The zero-order chi connectivity index (χ0) is 24.4. The van der Waals surface area contributed by atoms with E-state index in [1.54, 1.807) is 6.07 Å². The summed E-state index contributed by atoms with van der Waals surface area (Å²) in [4.78, 5) is 33.2. The topological polar surface area (TPSA) is 79.3 Å². The van der Waals surface area contributed by atoms with E-state index in [9.17, 15) is 9.59 Å². The molecule has 2 heterocycles. The maximum Gasteiger partial charge on any atom is 0.320 e. The number of imidazole rings is 1. The number of amides is 3. The Labute approximate surface area is 204 Å². The Morgan fingerprint density at radius 1 is 0.914 bits per heavy atom. The van der Waals surface area contributed by atoms with Gasteiger partial charge in [0.15, 0.2) is 0 Å². The van der Waals surface area contributed by atoms with E-state index < -0.39 is 12.1 Å². The van der Waals surface area contributed by atoms with Gasteiger partial charge in [-0.3, -0.25) is 4.79 Å². The molecule has 1 atom stereocenters. The summed E-state index contributed by atoms with van der Waals surface area (Å²) in [5.74, 6) is 0.683. The maximum absolute atomic E-state index is 13.4. The van der Waals surface area contributed by atoms with Gasteiger partial charge in [-0.1, -0.05) is 54.6 Å². The number of urea groups is 1. The van der Waals surface area contributed by atoms with Crippen LogP contribution in [0.15, 0.2) is 72.8 Å². The molecule has 7 nitrogen and oxygen atoms in total. The van der Waals surface area contributed by atoms with E-state index in [-0.39, 0.29) is 5.91 Å². The molecule has 1 fully saturated rings. The zero-order valence-electron chi connectivity index (χ0n) is 20.0. The maximum atomic E-state index is 13.4. The van der Waals surface area contributed by atoms with Gasteiger partial charge in [-0.25, -0.2) is 9.78 Å². The lowest BCUT2D eigenvalue weighted by Gasteiger charge is -2.22. The van der Waals surface area contributed by atoms with E-state index in [4.69, 9.17) is 4.98 Å². The van der Waals surface area contributed by atoms with Crippen LogP contribution in [-0.2, 0) is 7.05 Å². The number of aryl methyl sites for hydroxylation is 2. The molecule has 0 aliphatic carbocycles. The fourth-order valence-electron chi connectivity index (χ4n) is 4.75. The largest absolute Gasteiger partial charge is 0.339 e. The quantitative estimate of drug-likeness (QED) is 0.432. The number of benzene rings is 3. The first-order chi connectivity index (χ1) is 17.0. The number of nitrogens with one attached hydrogen (secondary N) is 2. The first kappa shape index (κ1) is 22.7. The Balaban J connectivity index is 1.46. The number of rotatable bonds is 5. The highest BCUT2D eigenvalue weighted by Gasteiger charge is 2.26. The van der Waals surface area contributed by atoms with Gasteiger partial charge in [0.2, 0.25) is 0 Å². The second kappa shape index (κ2) is 9.62. The molecule has 0 spiro atoms. The van der Waals surface area contributed by atoms with Gasteiger partial charge in [-0.2, -0.15) is 0 Å². The number of carbonyl (C=O) groups excluding carboxylic acids is 2. The van der Waals surface area contributed by atoms with E-state index in [1.807, 2.05) is 90.2 Å². The van der Waals surface area contributed by atoms with E-state index in [0.717, 1.165) is 53.9 Å². The standard InChI is InChI=1S/C28H29N5O2/c1-19-11-10-14-21(27(34)33-17-8-9-18-33)24(19)30-28(35)31-25(20-12-4-3-5-13-20)26-29-22-15-6-7-16-23(22)32(26)2/h3-7,10-16,25H,8-9,17-18H2,1-2H3,(H2,30,31,35)/t25-/m1/s1. The molecule has 4 aromatic rings. The van der Waals surface area contributed by atoms with Crippen molar-refractivity contribution in [3.05, 3.63) is 95.3 Å². The first-order valence-electron chi connectivity index (χ1n) is 12.0. The minimum Gasteiger partial charge on any atom is -0.339 e. The van der Waals surface area contributed by atoms with Crippen molar-refractivity contribution >= 4 is 28.7 Å². The Morgan fingerprint density at radius 3 is 2.37 bits per heavy atom. The van der Waals surface area contributed by atoms with Crippen LogP contribution < -0.4 is 10.6 Å². The summed E-state index contributed by atoms with van der Waals surface area (Å²) in [5, 5.41) is 6.08. The van der Waals surface area contributed by atoms with Crippen LogP contribution in [0.1, 0.15) is 46.2 Å². The Hall–Kier alpha value is -4.13. The second-order valence-corrected chi connectivity index (χ2v) is 8.96. The van der Waals surface area contributed by atoms with Crippen molar-refractivity contribution in [3.8, 4) is 0 Å². The van der Waals surface area contributed by atoms with Crippen LogP contribution in [0, 0.1) is 6.92 Å². The lowest BCUT2D eigenvalue weighted by molar-refractivity contribution is 0.0793. The van der Waals surface area contributed by atoms with Gasteiger partial charge in [-0.05, 0) is 49.1 Å². The number of hydrogen-bond acceptors (Lipinski definition) is 3. The molecule has 7 heteroatoms. The molecule has 0 unspecified atom stereocenters. The van der Waals surface area contributed by atoms with Gasteiger partial charge in [0, 0.05) is 20.1 Å². The molecule has 0 radical (unpaired) electrons. The number of aromatic nitrogens is 2. The van der Waals surface area contributed by atoms with Crippen molar-refractivity contribution in [3.63, 3.8) is 0 Å². The lowest BCUT2D eigenvalue weighted by Crippen LogP contribution is -2.36. The molecule has 178 valence electrons. The molecule has 5 rings (SSSR count). The molecule has 1 aliphatic heterocycles. The predicted molar refractivity (Wildman–Crippen MR) is 137 cm³/mol. The minimum absolute atomic E-state index is 0.0449. The van der Waals surface area contributed by atoms with E-state index in [1.165, 1.54) is 0 Å². The van der Waals surface area contributed by atoms with Crippen LogP contribution in [0.25, 0.3) is 11.0 Å². The van der Waals surface area contributed by atoms with Crippen molar-refractivity contribution in [2.75, 3.05) is 18.4 Å². The predicted octanol–water partition coefficient (Wildman–Crippen LogP) is 5.03. The molecular weight excluding hydrogens is 438 g/mol. The molecule has 1 saturated heterocycles. The Bertz CT molecular complexity index is 1370. The molecule has 2 N–H and O–H groups in total. The number of anilines is 1. The van der Waals surface area contributed by atoms with Gasteiger partial charge in [0.05, 0.1) is 22.3 Å². The average molecular weight is 468 g/mol. The molecular formula is C28H29N5O2. The van der Waals surface area contributed by atoms with Gasteiger partial charge in [0.1, 0.15) is 11.9 Å². The van der Waals surface area contributed by atoms with Crippen LogP contribution in [0.4, 0.5) is 10.5 Å². The summed E-state index contributed by atoms with van der Waals surface area (Å²) in [7, 11) is 1.95. The molecule has 35 heavy (non-hydrogen) atoms. The fraction of sp³-hybridized carbons (Fsp3) is 0.250. The molecule has 0 bridgehead atoms. The first-order valence-corrected chi connectivity index (χ1v) is 12.0. The summed E-state index contributed by atoms with van der Waals surface area (Å²) in [5.41, 5.74) is 4.66. The normalized spacial score (nSPS) is 14.2. The monoisotopic (exact) mass is 467 g/mol. The molecule has 1 aromatic heterocycles. The van der Waals surface area contributed by atoms with Crippen molar-refractivity contribution in [1.82, 2.24) is 19.8 Å². The number of fused-ring (bicyclic) bond motifs is 1. The van der Waals surface area contributed by atoms with Crippen molar-refractivity contribution in [2.45, 2.75) is 25.8 Å². The number of para-hydroxylation sites is 3. The van der Waals surface area contributed by atoms with E-state index >= 15 is 0 Å². The van der Waals surface area contributed by atoms with Crippen molar-refractivity contribution < 1.29 is 9.59 Å². The minimum atomic E-state index is -0.477. The van der Waals surface area contributed by atoms with Gasteiger partial charge in [0.25, 0.3) is 5.91 Å². The molecule has 3 amide bonds. The van der Waals surface area contributed by atoms with Crippen LogP contribution in [0.3, 0.4) is 0 Å². The SMILES string of the molecule is Cc1cccc(C(=O)N2CCCC2)c1NC(=O)N[C@H](c1ccccc1)c1nc2ccccc2n1C. The highest BCUT2D eigenvalue weighted by atomic mass is 16.2. The third-order valence-corrected chi connectivity index (χ3v) is 6.62. The smallest absolute Gasteiger partial charge is 0.320 e. The highest BCUT2D eigenvalue weighted by molar-refractivity contribution is 6.04. The van der Waals surface area contributed by atoms with E-state index in [0.29, 0.717) is 11.3 Å². The van der Waals surface area contributed by atoms with Crippen molar-refractivity contribution in [2.24, 2.45) is 7.05 Å². The third-order valence-electron chi connectivity index (χ3n) is 6.62. The van der Waals surface area contributed by atoms with Crippen molar-refractivity contribution in [1.29, 1.82) is 0 Å². The zero-order valence-corrected chi connectivity index (χ0v) is 20.0. The second-order valence-electron chi connectivity index (χ2n) is 8.96. The summed E-state index contributed by atoms with van der Waals surface area (Å²) < 4.78 is 2.00. The number of carbonyl (C=O) groups is 2. The summed E-state index contributed by atoms with van der Waals surface area (Å²) in [6, 6.07) is 22.3. The van der Waals surface area contributed by atoms with Crippen LogP contribution in [0.2, 0.25) is 0 Å². The van der Waals surface area contributed by atoms with Crippen LogP contribution in [0.5, 0.6) is 0 Å². The Kier molecular flexibility index (Phi) is 6.23. The van der Waals surface area contributed by atoms with Gasteiger partial charge in [-0.15, -0.1) is 0 Å².